The van der Waals surface area contributed by atoms with Crippen molar-refractivity contribution in [1.82, 2.24) is 4.90 Å². The van der Waals surface area contributed by atoms with E-state index < -0.39 is 0 Å². The molecule has 0 aliphatic rings. The molecule has 4 heteroatoms. The molecule has 4 nitrogen and oxygen atoms in total. The molecule has 0 saturated heterocycles. The van der Waals surface area contributed by atoms with E-state index in [1.165, 1.54) is 0 Å². The molecule has 0 aromatic heterocycles. The van der Waals surface area contributed by atoms with Crippen LogP contribution in [-0.4, -0.2) is 44.2 Å². The Bertz CT molecular complexity index is 186. The predicted molar refractivity (Wildman–Crippen MR) is 66.2 cm³/mol. The Labute approximate surface area is 99.1 Å². The Hall–Kier alpha value is -0.610. The molecule has 0 spiro atoms. The highest BCUT2D eigenvalue weighted by Gasteiger charge is 2.10. The van der Waals surface area contributed by atoms with Gasteiger partial charge in [-0.25, -0.2) is 0 Å². The lowest BCUT2D eigenvalue weighted by Gasteiger charge is -2.18. The van der Waals surface area contributed by atoms with Crippen molar-refractivity contribution in [2.24, 2.45) is 11.7 Å². The van der Waals surface area contributed by atoms with E-state index in [2.05, 4.69) is 6.92 Å². The lowest BCUT2D eigenvalue weighted by atomic mass is 10.0. The van der Waals surface area contributed by atoms with Crippen LogP contribution < -0.4 is 5.73 Å². The highest BCUT2D eigenvalue weighted by Crippen LogP contribution is 2.10. The molecule has 96 valence electrons. The van der Waals surface area contributed by atoms with Crippen molar-refractivity contribution in [3.8, 4) is 0 Å². The van der Waals surface area contributed by atoms with E-state index in [0.29, 0.717) is 38.6 Å². The van der Waals surface area contributed by atoms with E-state index in [1.54, 1.807) is 4.90 Å². The molecular formula is C12H26N2O2. The number of rotatable bonds is 9. The Balaban J connectivity index is 3.62. The molecule has 0 rings (SSSR count). The van der Waals surface area contributed by atoms with Crippen molar-refractivity contribution in [2.45, 2.75) is 33.1 Å². The summed E-state index contributed by atoms with van der Waals surface area (Å²) < 4.78 is 5.21. The lowest BCUT2D eigenvalue weighted by molar-refractivity contribution is -0.130. The zero-order valence-electron chi connectivity index (χ0n) is 10.9. The fraction of sp³-hybridized carbons (Fsp3) is 0.917. The normalized spacial score (nSPS) is 12.5. The minimum Gasteiger partial charge on any atom is -0.380 e. The van der Waals surface area contributed by atoms with Gasteiger partial charge in [0.05, 0.1) is 6.61 Å². The summed E-state index contributed by atoms with van der Waals surface area (Å²) in [5.41, 5.74) is 5.46. The van der Waals surface area contributed by atoms with Crippen LogP contribution in [0.3, 0.4) is 0 Å². The summed E-state index contributed by atoms with van der Waals surface area (Å²) in [6.07, 6.45) is 2.54. The summed E-state index contributed by atoms with van der Waals surface area (Å²) in [6, 6.07) is 0. The van der Waals surface area contributed by atoms with Gasteiger partial charge in [0, 0.05) is 26.6 Å². The van der Waals surface area contributed by atoms with Gasteiger partial charge in [0.2, 0.25) is 5.91 Å². The first-order valence-corrected chi connectivity index (χ1v) is 6.13. The Morgan fingerprint density at radius 1 is 1.44 bits per heavy atom. The topological polar surface area (TPSA) is 55.6 Å². The SMILES string of the molecule is CCOCCN(C)C(=O)CCC(C)CCN. The standard InChI is InChI=1S/C12H26N2O2/c1-4-16-10-9-14(3)12(15)6-5-11(2)7-8-13/h11H,4-10,13H2,1-3H3. The van der Waals surface area contributed by atoms with Gasteiger partial charge in [-0.15, -0.1) is 0 Å². The molecule has 0 radical (unpaired) electrons. The number of amides is 1. The van der Waals surface area contributed by atoms with Crippen molar-refractivity contribution in [1.29, 1.82) is 0 Å². The largest absolute Gasteiger partial charge is 0.380 e. The number of carbonyl (C=O) groups excluding carboxylic acids is 1. The highest BCUT2D eigenvalue weighted by molar-refractivity contribution is 5.75. The molecule has 0 saturated carbocycles. The van der Waals surface area contributed by atoms with Crippen molar-refractivity contribution in [3.63, 3.8) is 0 Å². The summed E-state index contributed by atoms with van der Waals surface area (Å²) in [5, 5.41) is 0. The Kier molecular flexibility index (Phi) is 9.24. The lowest BCUT2D eigenvalue weighted by Crippen LogP contribution is -2.30. The molecule has 2 N–H and O–H groups in total. The van der Waals surface area contributed by atoms with Crippen LogP contribution >= 0.6 is 0 Å². The van der Waals surface area contributed by atoms with Gasteiger partial charge in [-0.1, -0.05) is 6.92 Å². The predicted octanol–water partition coefficient (Wildman–Crippen LogP) is 1.25. The number of nitrogens with two attached hydrogens (primary N) is 1. The maximum absolute atomic E-state index is 11.7. The van der Waals surface area contributed by atoms with Crippen LogP contribution in [0, 0.1) is 5.92 Å². The summed E-state index contributed by atoms with van der Waals surface area (Å²) >= 11 is 0. The van der Waals surface area contributed by atoms with Crippen LogP contribution in [0.15, 0.2) is 0 Å². The summed E-state index contributed by atoms with van der Waals surface area (Å²) in [4.78, 5) is 13.4. The second-order valence-corrected chi connectivity index (χ2v) is 4.23. The van der Waals surface area contributed by atoms with Gasteiger partial charge < -0.3 is 15.4 Å². The van der Waals surface area contributed by atoms with Gasteiger partial charge in [0.15, 0.2) is 0 Å². The molecule has 0 aromatic carbocycles. The molecule has 1 amide bonds. The zero-order chi connectivity index (χ0) is 12.4. The third-order valence-corrected chi connectivity index (χ3v) is 2.71. The first-order chi connectivity index (χ1) is 7.61. The third kappa shape index (κ3) is 7.65. The van der Waals surface area contributed by atoms with Gasteiger partial charge in [-0.2, -0.15) is 0 Å². The maximum atomic E-state index is 11.7. The third-order valence-electron chi connectivity index (χ3n) is 2.71. The van der Waals surface area contributed by atoms with Crippen molar-refractivity contribution in [3.05, 3.63) is 0 Å². The fourth-order valence-electron chi connectivity index (χ4n) is 1.46. The highest BCUT2D eigenvalue weighted by atomic mass is 16.5. The van der Waals surface area contributed by atoms with Gasteiger partial charge in [-0.3, -0.25) is 4.79 Å². The minimum absolute atomic E-state index is 0.198. The molecule has 0 bridgehead atoms. The molecule has 0 fully saturated rings. The van der Waals surface area contributed by atoms with Gasteiger partial charge in [0.25, 0.3) is 0 Å². The van der Waals surface area contributed by atoms with Gasteiger partial charge >= 0.3 is 0 Å². The van der Waals surface area contributed by atoms with E-state index in [0.717, 1.165) is 12.8 Å². The number of hydrogen-bond acceptors (Lipinski definition) is 3. The number of nitrogens with zero attached hydrogens (tertiary/aromatic N) is 1. The number of likely N-dealkylation sites (N-methyl/N-ethyl adjacent to an activating group) is 1. The van der Waals surface area contributed by atoms with Crippen LogP contribution in [0.5, 0.6) is 0 Å². The molecule has 1 atom stereocenters. The second-order valence-electron chi connectivity index (χ2n) is 4.23. The number of ether oxygens (including phenoxy) is 1. The van der Waals surface area contributed by atoms with E-state index in [-0.39, 0.29) is 5.91 Å². The Morgan fingerprint density at radius 2 is 2.12 bits per heavy atom. The molecule has 0 aliphatic heterocycles. The molecule has 16 heavy (non-hydrogen) atoms. The van der Waals surface area contributed by atoms with Crippen molar-refractivity contribution < 1.29 is 9.53 Å². The average molecular weight is 230 g/mol. The van der Waals surface area contributed by atoms with E-state index in [9.17, 15) is 4.79 Å². The van der Waals surface area contributed by atoms with Crippen LogP contribution in [-0.2, 0) is 9.53 Å². The quantitative estimate of drug-likeness (QED) is 0.606. The molecule has 0 aromatic rings. The molecule has 0 heterocycles. The Morgan fingerprint density at radius 3 is 2.69 bits per heavy atom. The molecule has 0 aliphatic carbocycles. The number of carbonyl (C=O) groups is 1. The molecule has 1 unspecified atom stereocenters. The van der Waals surface area contributed by atoms with Crippen LogP contribution in [0.1, 0.15) is 33.1 Å². The number of hydrogen-bond donors (Lipinski definition) is 1. The van der Waals surface area contributed by atoms with E-state index in [4.69, 9.17) is 10.5 Å². The van der Waals surface area contributed by atoms with E-state index in [1.807, 2.05) is 14.0 Å². The van der Waals surface area contributed by atoms with Crippen LogP contribution in [0.2, 0.25) is 0 Å². The van der Waals surface area contributed by atoms with Gasteiger partial charge in [-0.05, 0) is 32.2 Å². The zero-order valence-corrected chi connectivity index (χ0v) is 10.9. The average Bonchev–Trinajstić information content (AvgIpc) is 2.26. The summed E-state index contributed by atoms with van der Waals surface area (Å²) in [7, 11) is 1.83. The minimum atomic E-state index is 0.198. The maximum Gasteiger partial charge on any atom is 0.222 e. The first-order valence-electron chi connectivity index (χ1n) is 6.13. The fourth-order valence-corrected chi connectivity index (χ4v) is 1.46. The van der Waals surface area contributed by atoms with Crippen LogP contribution in [0.4, 0.5) is 0 Å². The van der Waals surface area contributed by atoms with Gasteiger partial charge in [0.1, 0.15) is 0 Å². The van der Waals surface area contributed by atoms with Crippen molar-refractivity contribution in [2.75, 3.05) is 33.4 Å². The van der Waals surface area contributed by atoms with E-state index >= 15 is 0 Å². The van der Waals surface area contributed by atoms with Crippen LogP contribution in [0.25, 0.3) is 0 Å². The molecular weight excluding hydrogens is 204 g/mol. The monoisotopic (exact) mass is 230 g/mol. The summed E-state index contributed by atoms with van der Waals surface area (Å²) in [6.45, 7) is 6.80. The smallest absolute Gasteiger partial charge is 0.222 e. The first kappa shape index (κ1) is 15.4. The summed E-state index contributed by atoms with van der Waals surface area (Å²) in [5.74, 6) is 0.734. The second kappa shape index (κ2) is 9.60. The van der Waals surface area contributed by atoms with Crippen molar-refractivity contribution >= 4 is 5.91 Å².